The van der Waals surface area contributed by atoms with Crippen LogP contribution < -0.4 is 10.5 Å². The largest absolute Gasteiger partial charge is 0.388 e. The van der Waals surface area contributed by atoms with Gasteiger partial charge in [0, 0.05) is 19.8 Å². The lowest BCUT2D eigenvalue weighted by Gasteiger charge is -2.38. The van der Waals surface area contributed by atoms with Gasteiger partial charge in [0.05, 0.1) is 5.71 Å². The molecule has 0 aromatic heterocycles. The molecule has 0 atom stereocenters. The van der Waals surface area contributed by atoms with Gasteiger partial charge in [-0.1, -0.05) is 87.6 Å². The van der Waals surface area contributed by atoms with Gasteiger partial charge in [0.2, 0.25) is 0 Å². The molecule has 0 bridgehead atoms. The third-order valence-corrected chi connectivity index (χ3v) is 13.8. The minimum absolute atomic E-state index is 1.01. The van der Waals surface area contributed by atoms with Crippen LogP contribution >= 0.6 is 0 Å². The fourth-order valence-corrected chi connectivity index (χ4v) is 10.9. The van der Waals surface area contributed by atoms with Crippen molar-refractivity contribution >= 4 is 51.8 Å². The molecule has 7 rings (SSSR count). The van der Waals surface area contributed by atoms with Crippen molar-refractivity contribution in [3.8, 4) is 11.1 Å². The maximum Gasteiger partial charge on any atom is 0.114 e. The number of nitrogens with zero attached hydrogens (tertiary/aromatic N) is 1. The standard InChI is InChI=1S/C42H42N2Si/c1-8-31-33-12-10-11-13-34(33)32(9-2)39-23-28(16-19-35(31)39)27-15-14-26(3)38(22-27)42-36-20-17-29(43-4)24-40(36)45(6,7)41-25-30(44-5)18-21-37(41)42/h10-25,43H,8-9H2,1-7H3. The lowest BCUT2D eigenvalue weighted by atomic mass is 9.85. The third kappa shape index (κ3) is 4.56. The lowest BCUT2D eigenvalue weighted by molar-refractivity contribution is 1.15. The molecule has 224 valence electrons. The normalized spacial score (nSPS) is 16.2. The summed E-state index contributed by atoms with van der Waals surface area (Å²) in [5.41, 5.74) is 14.3. The van der Waals surface area contributed by atoms with Crippen molar-refractivity contribution in [2.24, 2.45) is 4.99 Å². The summed E-state index contributed by atoms with van der Waals surface area (Å²) in [5.74, 6) is 0. The van der Waals surface area contributed by atoms with Crippen molar-refractivity contribution in [3.05, 3.63) is 136 Å². The van der Waals surface area contributed by atoms with Crippen LogP contribution in [0.5, 0.6) is 0 Å². The summed E-state index contributed by atoms with van der Waals surface area (Å²) in [6.45, 7) is 11.8. The number of aryl methyl sites for hydroxylation is 3. The first-order chi connectivity index (χ1) is 21.8. The number of hydrogen-bond donors (Lipinski definition) is 1. The monoisotopic (exact) mass is 602 g/mol. The molecule has 45 heavy (non-hydrogen) atoms. The number of benzene rings is 5. The van der Waals surface area contributed by atoms with E-state index in [0.717, 1.165) is 18.6 Å². The molecule has 3 heteroatoms. The highest BCUT2D eigenvalue weighted by molar-refractivity contribution is 6.98. The molecule has 2 aliphatic rings. The second-order valence-electron chi connectivity index (χ2n) is 13.0. The van der Waals surface area contributed by atoms with Gasteiger partial charge in [0.1, 0.15) is 8.07 Å². The van der Waals surface area contributed by atoms with E-state index >= 15 is 0 Å². The Labute approximate surface area is 268 Å². The highest BCUT2D eigenvalue weighted by Gasteiger charge is 2.39. The summed E-state index contributed by atoms with van der Waals surface area (Å²) in [6.07, 6.45) is 8.88. The number of nitrogens with one attached hydrogen (secondary N) is 1. The molecule has 0 radical (unpaired) electrons. The summed E-state index contributed by atoms with van der Waals surface area (Å²) in [5, 5.41) is 11.9. The van der Waals surface area contributed by atoms with Gasteiger partial charge in [0.25, 0.3) is 0 Å². The van der Waals surface area contributed by atoms with E-state index in [4.69, 9.17) is 0 Å². The molecular weight excluding hydrogens is 561 g/mol. The second kappa shape index (κ2) is 11.2. The maximum absolute atomic E-state index is 4.57. The molecule has 1 N–H and O–H groups in total. The van der Waals surface area contributed by atoms with Crippen molar-refractivity contribution < 1.29 is 0 Å². The smallest absolute Gasteiger partial charge is 0.114 e. The van der Waals surface area contributed by atoms with Crippen LogP contribution in [0.3, 0.4) is 0 Å². The van der Waals surface area contributed by atoms with Crippen molar-refractivity contribution in [3.63, 3.8) is 0 Å². The summed E-state index contributed by atoms with van der Waals surface area (Å²) in [4.78, 5) is 4.57. The number of allylic oxidation sites excluding steroid dienone is 5. The van der Waals surface area contributed by atoms with Crippen molar-refractivity contribution in [1.29, 1.82) is 0 Å². The number of rotatable bonds is 5. The molecule has 1 aliphatic carbocycles. The van der Waals surface area contributed by atoms with Crippen LogP contribution in [0.1, 0.15) is 41.7 Å². The summed E-state index contributed by atoms with van der Waals surface area (Å²) < 4.78 is 0. The molecule has 1 aliphatic heterocycles. The topological polar surface area (TPSA) is 24.4 Å². The van der Waals surface area contributed by atoms with Gasteiger partial charge >= 0.3 is 0 Å². The van der Waals surface area contributed by atoms with Crippen LogP contribution in [0.2, 0.25) is 13.1 Å². The van der Waals surface area contributed by atoms with E-state index in [0.29, 0.717) is 0 Å². The van der Waals surface area contributed by atoms with Crippen LogP contribution in [0.4, 0.5) is 5.69 Å². The zero-order valence-corrected chi connectivity index (χ0v) is 28.6. The Morgan fingerprint density at radius 3 is 2.07 bits per heavy atom. The highest BCUT2D eigenvalue weighted by Crippen LogP contribution is 2.44. The summed E-state index contributed by atoms with van der Waals surface area (Å²) in [6, 6.07) is 30.1. The highest BCUT2D eigenvalue weighted by atomic mass is 28.3. The Morgan fingerprint density at radius 1 is 0.711 bits per heavy atom. The van der Waals surface area contributed by atoms with E-state index in [9.17, 15) is 0 Å². The van der Waals surface area contributed by atoms with E-state index in [1.165, 1.54) is 87.7 Å². The van der Waals surface area contributed by atoms with Gasteiger partial charge in [-0.2, -0.15) is 0 Å². The van der Waals surface area contributed by atoms with E-state index < -0.39 is 8.07 Å². The Morgan fingerprint density at radius 2 is 1.38 bits per heavy atom. The zero-order chi connectivity index (χ0) is 31.5. The first-order valence-corrected chi connectivity index (χ1v) is 19.3. The summed E-state index contributed by atoms with van der Waals surface area (Å²) >= 11 is 0. The SMILES string of the molecule is CCc1c2ccccc2c(CC)c2cc(-c3ccc(C)c(C4=C5C=CC(=NC)C=C5[Si](C)(C)c5cc(NC)ccc54)c3)ccc12. The quantitative estimate of drug-likeness (QED) is 0.157. The lowest BCUT2D eigenvalue weighted by Crippen LogP contribution is -2.49. The Bertz CT molecular complexity index is 2160. The molecule has 0 unspecified atom stereocenters. The third-order valence-electron chi connectivity index (χ3n) is 10.2. The first-order valence-electron chi connectivity index (χ1n) is 16.3. The second-order valence-corrected chi connectivity index (χ2v) is 17.3. The Hall–Kier alpha value is -4.47. The molecule has 0 saturated carbocycles. The Kier molecular flexibility index (Phi) is 7.25. The molecule has 5 aromatic carbocycles. The number of hydrogen-bond acceptors (Lipinski definition) is 2. The number of aliphatic imine (C=N–C) groups is 1. The molecule has 0 fully saturated rings. The van der Waals surface area contributed by atoms with Crippen molar-refractivity contribution in [1.82, 2.24) is 0 Å². The average molecular weight is 603 g/mol. The van der Waals surface area contributed by atoms with Gasteiger partial charge < -0.3 is 5.32 Å². The molecule has 0 amide bonds. The number of fused-ring (bicyclic) bond motifs is 4. The molecule has 0 saturated heterocycles. The van der Waals surface area contributed by atoms with Gasteiger partial charge in [-0.05, 0) is 138 Å². The fraction of sp³-hybridized carbons (Fsp3) is 0.214. The minimum Gasteiger partial charge on any atom is -0.388 e. The fourth-order valence-electron chi connectivity index (χ4n) is 7.79. The molecule has 5 aromatic rings. The predicted octanol–water partition coefficient (Wildman–Crippen LogP) is 9.97. The van der Waals surface area contributed by atoms with E-state index in [1.807, 2.05) is 14.1 Å². The van der Waals surface area contributed by atoms with Crippen LogP contribution in [0, 0.1) is 6.92 Å². The maximum atomic E-state index is 4.57. The predicted molar refractivity (Wildman–Crippen MR) is 200 cm³/mol. The number of anilines is 1. The average Bonchev–Trinajstić information content (AvgIpc) is 3.07. The van der Waals surface area contributed by atoms with Crippen molar-refractivity contribution in [2.45, 2.75) is 46.7 Å². The first kappa shape index (κ1) is 29.2. The van der Waals surface area contributed by atoms with Crippen LogP contribution in [-0.2, 0) is 12.8 Å². The molecule has 0 spiro atoms. The molecular formula is C42H42N2Si. The summed E-state index contributed by atoms with van der Waals surface area (Å²) in [7, 11) is 1.92. The van der Waals surface area contributed by atoms with Gasteiger partial charge in [-0.15, -0.1) is 0 Å². The van der Waals surface area contributed by atoms with Crippen molar-refractivity contribution in [2.75, 3.05) is 19.4 Å². The van der Waals surface area contributed by atoms with E-state index in [1.54, 1.807) is 0 Å². The minimum atomic E-state index is -1.99. The van der Waals surface area contributed by atoms with Crippen LogP contribution in [0.25, 0.3) is 38.2 Å². The van der Waals surface area contributed by atoms with E-state index in [2.05, 4.69) is 141 Å². The zero-order valence-electron chi connectivity index (χ0n) is 27.6. The van der Waals surface area contributed by atoms with Gasteiger partial charge in [-0.25, -0.2) is 0 Å². The van der Waals surface area contributed by atoms with E-state index in [-0.39, 0.29) is 0 Å². The Balaban J connectivity index is 1.47. The molecule has 1 heterocycles. The van der Waals surface area contributed by atoms with Gasteiger partial charge in [0.15, 0.2) is 0 Å². The van der Waals surface area contributed by atoms with Gasteiger partial charge in [-0.3, -0.25) is 4.99 Å². The van der Waals surface area contributed by atoms with Crippen LogP contribution in [-0.4, -0.2) is 27.9 Å². The van der Waals surface area contributed by atoms with Crippen LogP contribution in [0.15, 0.2) is 113 Å². The molecule has 2 nitrogen and oxygen atoms in total.